The summed E-state index contributed by atoms with van der Waals surface area (Å²) in [7, 11) is 3.79. The number of aromatic nitrogens is 1. The van der Waals surface area contributed by atoms with Gasteiger partial charge in [-0.1, -0.05) is 0 Å². The molecule has 2 heterocycles. The highest BCUT2D eigenvalue weighted by molar-refractivity contribution is 5.86. The van der Waals surface area contributed by atoms with E-state index in [-0.39, 0.29) is 5.41 Å². The van der Waals surface area contributed by atoms with E-state index in [9.17, 15) is 0 Å². The monoisotopic (exact) mass is 274 g/mol. The summed E-state index contributed by atoms with van der Waals surface area (Å²) < 4.78 is 13.1. The second kappa shape index (κ2) is 5.11. The Balaban J connectivity index is 2.18. The lowest BCUT2D eigenvalue weighted by Crippen LogP contribution is -2.40. The summed E-state index contributed by atoms with van der Waals surface area (Å²) in [6, 6.07) is 6.24. The Hall–Kier alpha value is -1.52. The van der Waals surface area contributed by atoms with Gasteiger partial charge in [0.15, 0.2) is 0 Å². The van der Waals surface area contributed by atoms with Gasteiger partial charge in [0.05, 0.1) is 7.11 Å². The molecule has 0 amide bonds. The summed E-state index contributed by atoms with van der Waals surface area (Å²) in [5, 5.41) is 1.25. The first-order chi connectivity index (χ1) is 9.70. The van der Waals surface area contributed by atoms with Crippen LogP contribution in [0, 0.1) is 0 Å². The number of hydrogen-bond donors (Lipinski definition) is 1. The van der Waals surface area contributed by atoms with Crippen molar-refractivity contribution in [1.29, 1.82) is 0 Å². The summed E-state index contributed by atoms with van der Waals surface area (Å²) in [5.74, 6) is 0.893. The van der Waals surface area contributed by atoms with Crippen LogP contribution in [0.3, 0.4) is 0 Å². The van der Waals surface area contributed by atoms with Crippen LogP contribution in [-0.2, 0) is 17.2 Å². The SMILES string of the molecule is COc1ccc2c(c1)c(C1(CN)CCOCC1)cn2C. The molecule has 0 radical (unpaired) electrons. The van der Waals surface area contributed by atoms with E-state index < -0.39 is 0 Å². The van der Waals surface area contributed by atoms with E-state index >= 15 is 0 Å². The molecule has 0 atom stereocenters. The predicted octanol–water partition coefficient (Wildman–Crippen LogP) is 2.19. The molecule has 20 heavy (non-hydrogen) atoms. The summed E-state index contributed by atoms with van der Waals surface area (Å²) >= 11 is 0. The third-order valence-corrected chi connectivity index (χ3v) is 4.61. The molecule has 2 aromatic rings. The molecular weight excluding hydrogens is 252 g/mol. The van der Waals surface area contributed by atoms with Gasteiger partial charge in [-0.15, -0.1) is 0 Å². The average Bonchev–Trinajstić information content (AvgIpc) is 2.85. The van der Waals surface area contributed by atoms with E-state index in [1.54, 1.807) is 7.11 Å². The minimum absolute atomic E-state index is 0.0319. The second-order valence-corrected chi connectivity index (χ2v) is 5.63. The average molecular weight is 274 g/mol. The van der Waals surface area contributed by atoms with E-state index in [2.05, 4.69) is 29.9 Å². The van der Waals surface area contributed by atoms with Crippen molar-refractivity contribution in [2.24, 2.45) is 12.8 Å². The summed E-state index contributed by atoms with van der Waals surface area (Å²) in [6.45, 7) is 2.24. The fraction of sp³-hybridized carbons (Fsp3) is 0.500. The van der Waals surface area contributed by atoms with E-state index in [0.29, 0.717) is 6.54 Å². The summed E-state index contributed by atoms with van der Waals surface area (Å²) in [4.78, 5) is 0. The van der Waals surface area contributed by atoms with Crippen LogP contribution < -0.4 is 10.5 Å². The number of aryl methyl sites for hydroxylation is 1. The summed E-state index contributed by atoms with van der Waals surface area (Å²) in [6.07, 6.45) is 4.20. The normalized spacial score (nSPS) is 18.4. The molecule has 0 aliphatic carbocycles. The molecule has 4 heteroatoms. The largest absolute Gasteiger partial charge is 0.497 e. The lowest BCUT2D eigenvalue weighted by Gasteiger charge is -2.36. The molecule has 1 aliphatic heterocycles. The van der Waals surface area contributed by atoms with Crippen molar-refractivity contribution >= 4 is 10.9 Å². The number of hydrogen-bond acceptors (Lipinski definition) is 3. The highest BCUT2D eigenvalue weighted by Crippen LogP contribution is 2.39. The Morgan fingerprint density at radius 1 is 1.35 bits per heavy atom. The minimum atomic E-state index is 0.0319. The van der Waals surface area contributed by atoms with Crippen LogP contribution in [0.15, 0.2) is 24.4 Å². The molecule has 2 N–H and O–H groups in total. The van der Waals surface area contributed by atoms with E-state index in [1.807, 2.05) is 6.07 Å². The molecule has 1 aromatic heterocycles. The quantitative estimate of drug-likeness (QED) is 0.933. The number of methoxy groups -OCH3 is 1. The number of nitrogens with zero attached hydrogens (tertiary/aromatic N) is 1. The minimum Gasteiger partial charge on any atom is -0.497 e. The van der Waals surface area contributed by atoms with Crippen molar-refractivity contribution in [2.45, 2.75) is 18.3 Å². The topological polar surface area (TPSA) is 49.4 Å². The molecule has 4 nitrogen and oxygen atoms in total. The van der Waals surface area contributed by atoms with Crippen molar-refractivity contribution < 1.29 is 9.47 Å². The lowest BCUT2D eigenvalue weighted by molar-refractivity contribution is 0.0534. The molecule has 108 valence electrons. The van der Waals surface area contributed by atoms with Crippen molar-refractivity contribution in [1.82, 2.24) is 4.57 Å². The molecule has 0 spiro atoms. The van der Waals surface area contributed by atoms with Gasteiger partial charge >= 0.3 is 0 Å². The Morgan fingerprint density at radius 2 is 2.10 bits per heavy atom. The number of benzene rings is 1. The van der Waals surface area contributed by atoms with Crippen LogP contribution in [-0.4, -0.2) is 31.4 Å². The van der Waals surface area contributed by atoms with E-state index in [1.165, 1.54) is 16.5 Å². The maximum absolute atomic E-state index is 6.15. The zero-order valence-corrected chi connectivity index (χ0v) is 12.2. The van der Waals surface area contributed by atoms with Crippen LogP contribution in [0.4, 0.5) is 0 Å². The Labute approximate surface area is 119 Å². The van der Waals surface area contributed by atoms with Gasteiger partial charge < -0.3 is 19.8 Å². The first-order valence-corrected chi connectivity index (χ1v) is 7.11. The highest BCUT2D eigenvalue weighted by Gasteiger charge is 2.35. The zero-order chi connectivity index (χ0) is 14.2. The van der Waals surface area contributed by atoms with Gasteiger partial charge in [-0.05, 0) is 36.6 Å². The van der Waals surface area contributed by atoms with E-state index in [4.69, 9.17) is 15.2 Å². The van der Waals surface area contributed by atoms with Crippen LogP contribution in [0.2, 0.25) is 0 Å². The number of rotatable bonds is 3. The molecule has 0 saturated carbocycles. The number of fused-ring (bicyclic) bond motifs is 1. The molecule has 3 rings (SSSR count). The predicted molar refractivity (Wildman–Crippen MR) is 80.3 cm³/mol. The number of nitrogens with two attached hydrogens (primary N) is 1. The first kappa shape index (κ1) is 13.5. The molecule has 1 aromatic carbocycles. The lowest BCUT2D eigenvalue weighted by atomic mass is 9.74. The van der Waals surface area contributed by atoms with Crippen molar-refractivity contribution in [3.05, 3.63) is 30.0 Å². The highest BCUT2D eigenvalue weighted by atomic mass is 16.5. The smallest absolute Gasteiger partial charge is 0.119 e. The third kappa shape index (κ3) is 2.00. The third-order valence-electron chi connectivity index (χ3n) is 4.61. The second-order valence-electron chi connectivity index (χ2n) is 5.63. The van der Waals surface area contributed by atoms with Crippen molar-refractivity contribution in [3.63, 3.8) is 0 Å². The fourth-order valence-electron chi connectivity index (χ4n) is 3.27. The van der Waals surface area contributed by atoms with Gasteiger partial charge in [-0.3, -0.25) is 0 Å². The zero-order valence-electron chi connectivity index (χ0n) is 12.2. The van der Waals surface area contributed by atoms with E-state index in [0.717, 1.165) is 31.8 Å². The molecular formula is C16H22N2O2. The van der Waals surface area contributed by atoms with Gasteiger partial charge in [0.2, 0.25) is 0 Å². The number of ether oxygens (including phenoxy) is 2. The van der Waals surface area contributed by atoms with Crippen molar-refractivity contribution in [3.8, 4) is 5.75 Å². The molecule has 1 fully saturated rings. The van der Waals surface area contributed by atoms with Gasteiger partial charge in [-0.25, -0.2) is 0 Å². The van der Waals surface area contributed by atoms with Gasteiger partial charge in [0, 0.05) is 49.3 Å². The Bertz CT molecular complexity index is 612. The first-order valence-electron chi connectivity index (χ1n) is 7.11. The van der Waals surface area contributed by atoms with Gasteiger partial charge in [0.1, 0.15) is 5.75 Å². The van der Waals surface area contributed by atoms with Gasteiger partial charge in [0.25, 0.3) is 0 Å². The van der Waals surface area contributed by atoms with Crippen molar-refractivity contribution in [2.75, 3.05) is 26.9 Å². The molecule has 0 bridgehead atoms. The summed E-state index contributed by atoms with van der Waals surface area (Å²) in [5.41, 5.74) is 8.73. The Kier molecular flexibility index (Phi) is 3.44. The molecule has 1 aliphatic rings. The molecule has 1 saturated heterocycles. The van der Waals surface area contributed by atoms with Crippen LogP contribution in [0.25, 0.3) is 10.9 Å². The Morgan fingerprint density at radius 3 is 2.75 bits per heavy atom. The maximum Gasteiger partial charge on any atom is 0.119 e. The molecule has 0 unspecified atom stereocenters. The van der Waals surface area contributed by atoms with Gasteiger partial charge in [-0.2, -0.15) is 0 Å². The van der Waals surface area contributed by atoms with Crippen LogP contribution in [0.5, 0.6) is 5.75 Å². The van der Waals surface area contributed by atoms with Crippen LogP contribution >= 0.6 is 0 Å². The maximum atomic E-state index is 6.15. The standard InChI is InChI=1S/C16H22N2O2/c1-18-10-14(16(11-17)5-7-20-8-6-16)13-9-12(19-2)3-4-15(13)18/h3-4,9-10H,5-8,11,17H2,1-2H3. The fourth-order valence-corrected chi connectivity index (χ4v) is 3.27. The van der Waals surface area contributed by atoms with Crippen LogP contribution in [0.1, 0.15) is 18.4 Å².